The molecule has 4 N–H and O–H groups in total. The highest BCUT2D eigenvalue weighted by molar-refractivity contribution is 5.95. The summed E-state index contributed by atoms with van der Waals surface area (Å²) < 4.78 is 38.6. The van der Waals surface area contributed by atoms with Crippen molar-refractivity contribution in [1.82, 2.24) is 20.6 Å². The van der Waals surface area contributed by atoms with Gasteiger partial charge in [-0.05, 0) is 36.1 Å². The molecule has 1 aromatic carbocycles. The van der Waals surface area contributed by atoms with Gasteiger partial charge in [0, 0.05) is 32.0 Å². The second-order valence-corrected chi connectivity index (χ2v) is 8.78. The number of nitrogens with zero attached hydrogens (tertiary/aromatic N) is 2. The Morgan fingerprint density at radius 2 is 1.89 bits per heavy atom. The molecule has 0 unspecified atom stereocenters. The number of aromatic nitrogens is 2. The quantitative estimate of drug-likeness (QED) is 0.363. The Labute approximate surface area is 207 Å². The van der Waals surface area contributed by atoms with Gasteiger partial charge < -0.3 is 21.3 Å². The summed E-state index contributed by atoms with van der Waals surface area (Å²) in [5.41, 5.74) is 2.14. The average molecular weight is 499 g/mol. The number of hydrogen-bond donors (Lipinski definition) is 4. The van der Waals surface area contributed by atoms with Gasteiger partial charge in [-0.2, -0.15) is 13.2 Å². The first kappa shape index (κ1) is 25.4. The molecule has 0 bridgehead atoms. The Morgan fingerprint density at radius 1 is 1.11 bits per heavy atom. The molecule has 1 aliphatic rings. The number of alkyl halides is 3. The van der Waals surface area contributed by atoms with Crippen molar-refractivity contribution >= 4 is 17.4 Å². The van der Waals surface area contributed by atoms with E-state index in [0.717, 1.165) is 22.9 Å². The molecule has 1 aliphatic heterocycles. The van der Waals surface area contributed by atoms with Gasteiger partial charge in [0.25, 0.3) is 5.91 Å². The largest absolute Gasteiger partial charge is 0.433 e. The van der Waals surface area contributed by atoms with Crippen molar-refractivity contribution in [2.75, 3.05) is 30.3 Å². The molecule has 7 nitrogen and oxygen atoms in total. The van der Waals surface area contributed by atoms with Gasteiger partial charge in [-0.25, -0.2) is 4.98 Å². The van der Waals surface area contributed by atoms with Crippen LogP contribution >= 0.6 is 0 Å². The summed E-state index contributed by atoms with van der Waals surface area (Å²) in [5, 5.41) is 13.2. The lowest BCUT2D eigenvalue weighted by Crippen LogP contribution is -2.45. The summed E-state index contributed by atoms with van der Waals surface area (Å²) in [5.74, 6) is 0.418. The number of pyridine rings is 2. The molecule has 2 aromatic heterocycles. The minimum Gasteiger partial charge on any atom is -0.380 e. The minimum absolute atomic E-state index is 0.0624. The zero-order chi connectivity index (χ0) is 25.7. The van der Waals surface area contributed by atoms with Crippen LogP contribution < -0.4 is 21.3 Å². The fourth-order valence-corrected chi connectivity index (χ4v) is 4.19. The third-order valence-corrected chi connectivity index (χ3v) is 6.17. The Bertz CT molecular complexity index is 1170. The smallest absolute Gasteiger partial charge is 0.380 e. The van der Waals surface area contributed by atoms with E-state index in [1.807, 2.05) is 44.2 Å². The van der Waals surface area contributed by atoms with Crippen molar-refractivity contribution in [2.24, 2.45) is 0 Å². The summed E-state index contributed by atoms with van der Waals surface area (Å²) in [6.45, 7) is 5.46. The number of halogens is 3. The predicted octanol–water partition coefficient (Wildman–Crippen LogP) is 4.59. The number of fused-ring (bicyclic) bond motifs is 1. The number of rotatable bonds is 8. The number of anilines is 2. The van der Waals surface area contributed by atoms with Gasteiger partial charge in [0.05, 0.1) is 23.3 Å². The zero-order valence-corrected chi connectivity index (χ0v) is 20.1. The van der Waals surface area contributed by atoms with Gasteiger partial charge in [0.2, 0.25) is 0 Å². The summed E-state index contributed by atoms with van der Waals surface area (Å²) in [6, 6.07) is 14.0. The normalized spacial score (nSPS) is 16.8. The fraction of sp³-hybridized carbons (Fsp3) is 0.346. The van der Waals surface area contributed by atoms with Crippen molar-refractivity contribution in [3.05, 3.63) is 83.3 Å². The fourth-order valence-electron chi connectivity index (χ4n) is 4.19. The van der Waals surface area contributed by atoms with Crippen LogP contribution in [0.5, 0.6) is 0 Å². The van der Waals surface area contributed by atoms with Crippen molar-refractivity contribution in [3.63, 3.8) is 0 Å². The van der Waals surface area contributed by atoms with E-state index >= 15 is 0 Å². The van der Waals surface area contributed by atoms with Gasteiger partial charge >= 0.3 is 6.18 Å². The molecule has 0 saturated carbocycles. The van der Waals surface area contributed by atoms with Crippen LogP contribution in [0.15, 0.2) is 60.9 Å². The highest BCUT2D eigenvalue weighted by Gasteiger charge is 2.32. The first-order valence-corrected chi connectivity index (χ1v) is 11.9. The summed E-state index contributed by atoms with van der Waals surface area (Å²) >= 11 is 0. The number of benzene rings is 1. The first-order valence-electron chi connectivity index (χ1n) is 11.9. The van der Waals surface area contributed by atoms with Crippen LogP contribution in [0.1, 0.15) is 53.0 Å². The number of nitrogens with one attached hydrogen (secondary N) is 4. The summed E-state index contributed by atoms with van der Waals surface area (Å²) in [4.78, 5) is 20.2. The Balaban J connectivity index is 1.48. The molecule has 0 spiro atoms. The average Bonchev–Trinajstić information content (AvgIpc) is 2.88. The van der Waals surface area contributed by atoms with Crippen molar-refractivity contribution in [1.29, 1.82) is 0 Å². The molecule has 4 rings (SSSR count). The summed E-state index contributed by atoms with van der Waals surface area (Å²) in [7, 11) is 0. The van der Waals surface area contributed by atoms with Crippen molar-refractivity contribution in [3.8, 4) is 0 Å². The van der Waals surface area contributed by atoms with Crippen LogP contribution in [0, 0.1) is 0 Å². The highest BCUT2D eigenvalue weighted by atomic mass is 19.4. The third-order valence-electron chi connectivity index (χ3n) is 6.17. The standard InChI is InChI=1S/C26H29F3N6O/c1-3-30-25(36)19-11-20-24(34-14-19)35-21(15-31-20)23(17-7-5-4-6-8-17)33-12-16(2)18-9-10-22(32-13-18)26(27,28)29/h4-11,13-14,16,21,23,31,33H,3,12,15H2,1-2H3,(H,30,36)(H,34,35)/t16-,21+,23+/m0/s1. The van der Waals surface area contributed by atoms with Gasteiger partial charge in [0.15, 0.2) is 0 Å². The van der Waals surface area contributed by atoms with Crippen LogP contribution in [-0.2, 0) is 6.18 Å². The number of hydrogen-bond acceptors (Lipinski definition) is 6. The second kappa shape index (κ2) is 10.9. The van der Waals surface area contributed by atoms with Crippen LogP contribution in [0.3, 0.4) is 0 Å². The Kier molecular flexibility index (Phi) is 7.73. The molecule has 0 saturated heterocycles. The highest BCUT2D eigenvalue weighted by Crippen LogP contribution is 2.31. The molecule has 0 aliphatic carbocycles. The second-order valence-electron chi connectivity index (χ2n) is 8.78. The van der Waals surface area contributed by atoms with Gasteiger partial charge in [0.1, 0.15) is 11.5 Å². The molecule has 36 heavy (non-hydrogen) atoms. The number of carbonyl (C=O) groups excluding carboxylic acids is 1. The van der Waals surface area contributed by atoms with E-state index in [4.69, 9.17) is 0 Å². The predicted molar refractivity (Wildman–Crippen MR) is 133 cm³/mol. The van der Waals surface area contributed by atoms with Crippen LogP contribution in [-0.4, -0.2) is 41.6 Å². The number of amides is 1. The minimum atomic E-state index is -4.46. The lowest BCUT2D eigenvalue weighted by Gasteiger charge is -2.35. The van der Waals surface area contributed by atoms with Crippen LogP contribution in [0.2, 0.25) is 0 Å². The van der Waals surface area contributed by atoms with Crippen molar-refractivity contribution in [2.45, 2.75) is 38.0 Å². The SMILES string of the molecule is CCNC(=O)c1cnc2c(c1)NC[C@H]([C@H](NC[C@H](C)c1ccc(C(F)(F)F)nc1)c1ccccc1)N2. The van der Waals surface area contributed by atoms with E-state index in [1.54, 1.807) is 12.3 Å². The van der Waals surface area contributed by atoms with Crippen LogP contribution in [0.25, 0.3) is 0 Å². The first-order chi connectivity index (χ1) is 17.3. The number of carbonyl (C=O) groups is 1. The molecular weight excluding hydrogens is 469 g/mol. The zero-order valence-electron chi connectivity index (χ0n) is 20.1. The lowest BCUT2D eigenvalue weighted by molar-refractivity contribution is -0.141. The van der Waals surface area contributed by atoms with Crippen molar-refractivity contribution < 1.29 is 18.0 Å². The van der Waals surface area contributed by atoms with E-state index in [2.05, 4.69) is 31.2 Å². The van der Waals surface area contributed by atoms with E-state index in [-0.39, 0.29) is 23.9 Å². The van der Waals surface area contributed by atoms with Gasteiger partial charge in [-0.1, -0.05) is 43.3 Å². The van der Waals surface area contributed by atoms with E-state index in [1.165, 1.54) is 12.3 Å². The summed E-state index contributed by atoms with van der Waals surface area (Å²) in [6.07, 6.45) is -1.62. The molecule has 190 valence electrons. The van der Waals surface area contributed by atoms with Crippen LogP contribution in [0.4, 0.5) is 24.7 Å². The molecule has 3 atom stereocenters. The molecule has 0 fully saturated rings. The Morgan fingerprint density at radius 3 is 2.56 bits per heavy atom. The van der Waals surface area contributed by atoms with E-state index in [0.29, 0.717) is 31.0 Å². The van der Waals surface area contributed by atoms with Gasteiger partial charge in [-0.3, -0.25) is 9.78 Å². The Hall–Kier alpha value is -3.66. The lowest BCUT2D eigenvalue weighted by atomic mass is 9.95. The molecule has 10 heteroatoms. The maximum absolute atomic E-state index is 12.9. The molecule has 0 radical (unpaired) electrons. The maximum Gasteiger partial charge on any atom is 0.433 e. The molecule has 3 heterocycles. The van der Waals surface area contributed by atoms with Gasteiger partial charge in [-0.15, -0.1) is 0 Å². The monoisotopic (exact) mass is 498 g/mol. The molecular formula is C26H29F3N6O. The maximum atomic E-state index is 12.9. The third kappa shape index (κ3) is 5.93. The molecule has 3 aromatic rings. The molecule has 1 amide bonds. The van der Waals surface area contributed by atoms with E-state index < -0.39 is 11.9 Å². The topological polar surface area (TPSA) is 91.0 Å². The van der Waals surface area contributed by atoms with E-state index in [9.17, 15) is 18.0 Å².